The van der Waals surface area contributed by atoms with E-state index in [9.17, 15) is 0 Å². The van der Waals surface area contributed by atoms with Gasteiger partial charge in [-0.25, -0.2) is 14.5 Å². The van der Waals surface area contributed by atoms with Crippen LogP contribution in [0.15, 0.2) is 30.6 Å². The third-order valence-electron chi connectivity index (χ3n) is 5.60. The van der Waals surface area contributed by atoms with Crippen LogP contribution in [0.5, 0.6) is 0 Å². The number of benzene rings is 1. The van der Waals surface area contributed by atoms with E-state index < -0.39 is 0 Å². The van der Waals surface area contributed by atoms with Crippen molar-refractivity contribution in [3.8, 4) is 11.4 Å². The van der Waals surface area contributed by atoms with Gasteiger partial charge in [-0.05, 0) is 36.2 Å². The van der Waals surface area contributed by atoms with Crippen molar-refractivity contribution in [3.63, 3.8) is 0 Å². The predicted molar refractivity (Wildman–Crippen MR) is 114 cm³/mol. The number of nitrogens with zero attached hydrogens (tertiary/aromatic N) is 5. The molecule has 1 aliphatic heterocycles. The van der Waals surface area contributed by atoms with Crippen LogP contribution in [-0.2, 0) is 13.0 Å². The lowest BCUT2D eigenvalue weighted by molar-refractivity contribution is -0.915. The molecule has 0 saturated heterocycles. The van der Waals surface area contributed by atoms with Crippen LogP contribution in [0.3, 0.4) is 0 Å². The van der Waals surface area contributed by atoms with Crippen LogP contribution in [0, 0.1) is 0 Å². The second kappa shape index (κ2) is 6.83. The summed E-state index contributed by atoms with van der Waals surface area (Å²) < 4.78 is 1.84. The maximum absolute atomic E-state index is 4.92. The molecule has 4 heterocycles. The van der Waals surface area contributed by atoms with Crippen LogP contribution < -0.4 is 9.80 Å². The van der Waals surface area contributed by atoms with E-state index in [0.29, 0.717) is 0 Å². The van der Waals surface area contributed by atoms with E-state index in [-0.39, 0.29) is 0 Å². The standard InChI is InChI=1S/C21H24N6S/c1-4-10-26-11-9-16-17(12-26)28-21-18(16)20-23-19(24-27(20)13-22-21)14-5-7-15(8-6-14)25(2)3/h5-8,13H,4,9-12H2,1-3H3/p+1. The summed E-state index contributed by atoms with van der Waals surface area (Å²) >= 11 is 1.84. The summed E-state index contributed by atoms with van der Waals surface area (Å²) in [7, 11) is 4.09. The number of aromatic nitrogens is 4. The highest BCUT2D eigenvalue weighted by molar-refractivity contribution is 7.19. The average molecular weight is 394 g/mol. The molecule has 144 valence electrons. The van der Waals surface area contributed by atoms with E-state index in [4.69, 9.17) is 15.1 Å². The summed E-state index contributed by atoms with van der Waals surface area (Å²) in [4.78, 5) is 16.0. The maximum atomic E-state index is 4.92. The van der Waals surface area contributed by atoms with Crippen molar-refractivity contribution >= 4 is 32.9 Å². The molecule has 5 rings (SSSR count). The summed E-state index contributed by atoms with van der Waals surface area (Å²) in [6.07, 6.45) is 4.14. The lowest BCUT2D eigenvalue weighted by Gasteiger charge is -2.23. The number of hydrogen-bond acceptors (Lipinski definition) is 5. The quantitative estimate of drug-likeness (QED) is 0.579. The summed E-state index contributed by atoms with van der Waals surface area (Å²) in [6, 6.07) is 8.38. The SMILES string of the molecule is CCC[NH+]1CCc2c(sc3ncn4nc(-c5ccc(N(C)C)cc5)nc4c23)C1. The van der Waals surface area contributed by atoms with Crippen LogP contribution in [0.2, 0.25) is 0 Å². The molecule has 0 spiro atoms. The summed E-state index contributed by atoms with van der Waals surface area (Å²) in [5.74, 6) is 0.758. The molecule has 0 bridgehead atoms. The van der Waals surface area contributed by atoms with Gasteiger partial charge in [-0.15, -0.1) is 16.4 Å². The second-order valence-corrected chi connectivity index (χ2v) is 8.83. The van der Waals surface area contributed by atoms with Gasteiger partial charge in [-0.1, -0.05) is 6.92 Å². The molecule has 28 heavy (non-hydrogen) atoms. The highest BCUT2D eigenvalue weighted by atomic mass is 32.1. The van der Waals surface area contributed by atoms with E-state index in [1.54, 1.807) is 11.2 Å². The van der Waals surface area contributed by atoms with Crippen molar-refractivity contribution in [3.05, 3.63) is 41.0 Å². The van der Waals surface area contributed by atoms with Gasteiger partial charge in [0.05, 0.1) is 23.4 Å². The minimum absolute atomic E-state index is 0.758. The largest absolute Gasteiger partial charge is 0.378 e. The molecule has 0 aliphatic carbocycles. The van der Waals surface area contributed by atoms with E-state index in [1.807, 2.05) is 29.9 Å². The number of nitrogens with one attached hydrogen (secondary N) is 1. The van der Waals surface area contributed by atoms with Crippen molar-refractivity contribution in [2.75, 3.05) is 32.1 Å². The Morgan fingerprint density at radius 1 is 1.21 bits per heavy atom. The van der Waals surface area contributed by atoms with E-state index in [1.165, 1.54) is 41.0 Å². The molecular weight excluding hydrogens is 368 g/mol. The lowest BCUT2D eigenvalue weighted by Crippen LogP contribution is -3.11. The zero-order chi connectivity index (χ0) is 19.3. The Hall–Kier alpha value is -2.51. The van der Waals surface area contributed by atoms with Crippen molar-refractivity contribution in [2.45, 2.75) is 26.3 Å². The highest BCUT2D eigenvalue weighted by Gasteiger charge is 2.26. The van der Waals surface area contributed by atoms with Crippen molar-refractivity contribution in [1.82, 2.24) is 19.6 Å². The molecule has 0 radical (unpaired) electrons. The topological polar surface area (TPSA) is 50.8 Å². The predicted octanol–water partition coefficient (Wildman–Crippen LogP) is 2.42. The Labute approximate surface area is 168 Å². The van der Waals surface area contributed by atoms with Gasteiger partial charge in [-0.2, -0.15) is 0 Å². The number of hydrogen-bond donors (Lipinski definition) is 1. The zero-order valence-electron chi connectivity index (χ0n) is 16.6. The molecule has 6 nitrogen and oxygen atoms in total. The van der Waals surface area contributed by atoms with E-state index in [0.717, 1.165) is 34.8 Å². The molecule has 7 heteroatoms. The summed E-state index contributed by atoms with van der Waals surface area (Å²) in [5.41, 5.74) is 4.58. The first kappa shape index (κ1) is 17.6. The number of thiophene rings is 1. The molecule has 1 aliphatic rings. The van der Waals surface area contributed by atoms with Crippen LogP contribution in [0.1, 0.15) is 23.8 Å². The van der Waals surface area contributed by atoms with Crippen LogP contribution >= 0.6 is 11.3 Å². The fourth-order valence-corrected chi connectivity index (χ4v) is 5.38. The minimum atomic E-state index is 0.758. The molecular formula is C21H25N6S+. The normalized spacial score (nSPS) is 16.6. The van der Waals surface area contributed by atoms with Gasteiger partial charge in [-0.3, -0.25) is 0 Å². The Morgan fingerprint density at radius 3 is 2.79 bits per heavy atom. The molecule has 0 saturated carbocycles. The highest BCUT2D eigenvalue weighted by Crippen LogP contribution is 2.34. The second-order valence-electron chi connectivity index (χ2n) is 7.75. The number of fused-ring (bicyclic) bond motifs is 5. The third kappa shape index (κ3) is 2.86. The fourth-order valence-electron chi connectivity index (χ4n) is 4.12. The lowest BCUT2D eigenvalue weighted by atomic mass is 10.1. The van der Waals surface area contributed by atoms with Crippen LogP contribution in [0.25, 0.3) is 27.3 Å². The van der Waals surface area contributed by atoms with E-state index in [2.05, 4.69) is 36.1 Å². The summed E-state index contributed by atoms with van der Waals surface area (Å²) in [6.45, 7) is 5.82. The van der Waals surface area contributed by atoms with Crippen molar-refractivity contribution in [2.24, 2.45) is 0 Å². The number of quaternary nitrogens is 1. The molecule has 1 unspecified atom stereocenters. The molecule has 1 N–H and O–H groups in total. The van der Waals surface area contributed by atoms with Crippen molar-refractivity contribution < 1.29 is 4.90 Å². The van der Waals surface area contributed by atoms with Gasteiger partial charge in [0.25, 0.3) is 0 Å². The Kier molecular flexibility index (Phi) is 4.29. The van der Waals surface area contributed by atoms with Crippen molar-refractivity contribution in [1.29, 1.82) is 0 Å². The minimum Gasteiger partial charge on any atom is -0.378 e. The van der Waals surface area contributed by atoms with Crippen LogP contribution in [-0.4, -0.2) is 46.8 Å². The van der Waals surface area contributed by atoms with Crippen LogP contribution in [0.4, 0.5) is 5.69 Å². The molecule has 0 amide bonds. The summed E-state index contributed by atoms with van der Waals surface area (Å²) in [5, 5.41) is 5.92. The fraction of sp³-hybridized carbons (Fsp3) is 0.381. The van der Waals surface area contributed by atoms with Gasteiger partial charge in [0, 0.05) is 31.8 Å². The number of rotatable bonds is 4. The molecule has 4 aromatic rings. The monoisotopic (exact) mass is 393 g/mol. The Bertz CT molecular complexity index is 1140. The molecule has 3 aromatic heterocycles. The van der Waals surface area contributed by atoms with Gasteiger partial charge in [0.2, 0.25) is 0 Å². The molecule has 1 atom stereocenters. The smallest absolute Gasteiger partial charge is 0.182 e. The maximum Gasteiger partial charge on any atom is 0.182 e. The Balaban J connectivity index is 1.59. The first-order chi connectivity index (χ1) is 13.6. The van der Waals surface area contributed by atoms with Gasteiger partial charge < -0.3 is 9.80 Å². The first-order valence-corrected chi connectivity index (χ1v) is 10.7. The van der Waals surface area contributed by atoms with Gasteiger partial charge in [0.1, 0.15) is 17.7 Å². The van der Waals surface area contributed by atoms with Gasteiger partial charge in [0.15, 0.2) is 11.5 Å². The molecule has 1 aromatic carbocycles. The third-order valence-corrected chi connectivity index (χ3v) is 6.74. The average Bonchev–Trinajstić information content (AvgIpc) is 3.28. The van der Waals surface area contributed by atoms with Gasteiger partial charge >= 0.3 is 0 Å². The Morgan fingerprint density at radius 2 is 2.04 bits per heavy atom. The zero-order valence-corrected chi connectivity index (χ0v) is 17.4. The first-order valence-electron chi connectivity index (χ1n) is 9.91. The molecule has 0 fully saturated rings. The van der Waals surface area contributed by atoms with E-state index >= 15 is 0 Å². The number of anilines is 1.